The number of aryl methyl sites for hydroxylation is 2. The predicted octanol–water partition coefficient (Wildman–Crippen LogP) is 2.83. The number of ether oxygens (including phenoxy) is 1. The maximum absolute atomic E-state index is 5.45. The average Bonchev–Trinajstić information content (AvgIpc) is 2.50. The first kappa shape index (κ1) is 16.3. The summed E-state index contributed by atoms with van der Waals surface area (Å²) in [5.41, 5.74) is 2.81. The van der Waals surface area contributed by atoms with Gasteiger partial charge in [0.05, 0.1) is 7.11 Å². The fourth-order valence-corrected chi connectivity index (χ4v) is 3.03. The van der Waals surface area contributed by atoms with Crippen LogP contribution in [0.3, 0.4) is 0 Å². The molecule has 0 aromatic heterocycles. The van der Waals surface area contributed by atoms with Gasteiger partial charge in [-0.25, -0.2) is 0 Å². The second kappa shape index (κ2) is 8.40. The summed E-state index contributed by atoms with van der Waals surface area (Å²) in [5, 5.41) is 0. The Bertz CT molecular complexity index is 425. The molecule has 118 valence electrons. The smallest absolute Gasteiger partial charge is 0.122 e. The van der Waals surface area contributed by atoms with Gasteiger partial charge in [0.15, 0.2) is 0 Å². The van der Waals surface area contributed by atoms with E-state index in [1.165, 1.54) is 63.1 Å². The Morgan fingerprint density at radius 3 is 2.52 bits per heavy atom. The van der Waals surface area contributed by atoms with E-state index in [4.69, 9.17) is 4.74 Å². The molecular weight excluding hydrogens is 260 g/mol. The van der Waals surface area contributed by atoms with Crippen molar-refractivity contribution in [2.45, 2.75) is 32.6 Å². The zero-order chi connectivity index (χ0) is 15.1. The molecule has 1 saturated heterocycles. The zero-order valence-electron chi connectivity index (χ0n) is 13.9. The third kappa shape index (κ3) is 5.01. The molecule has 2 rings (SSSR count). The Morgan fingerprint density at radius 2 is 1.86 bits per heavy atom. The molecule has 0 unspecified atom stereocenters. The fraction of sp³-hybridized carbons (Fsp3) is 0.667. The van der Waals surface area contributed by atoms with Crippen LogP contribution in [0.15, 0.2) is 18.2 Å². The first-order valence-corrected chi connectivity index (χ1v) is 8.29. The van der Waals surface area contributed by atoms with Crippen molar-refractivity contribution in [3.8, 4) is 5.75 Å². The Kier molecular flexibility index (Phi) is 6.52. The van der Waals surface area contributed by atoms with Crippen LogP contribution in [0.4, 0.5) is 0 Å². The summed E-state index contributed by atoms with van der Waals surface area (Å²) in [6.45, 7) is 8.31. The lowest BCUT2D eigenvalue weighted by Gasteiger charge is -2.32. The second-order valence-electron chi connectivity index (χ2n) is 6.14. The minimum Gasteiger partial charge on any atom is -0.496 e. The van der Waals surface area contributed by atoms with Gasteiger partial charge in [-0.2, -0.15) is 0 Å². The van der Waals surface area contributed by atoms with Gasteiger partial charge >= 0.3 is 0 Å². The highest BCUT2D eigenvalue weighted by atomic mass is 16.5. The summed E-state index contributed by atoms with van der Waals surface area (Å²) >= 11 is 0. The predicted molar refractivity (Wildman–Crippen MR) is 89.2 cm³/mol. The van der Waals surface area contributed by atoms with E-state index in [0.29, 0.717) is 0 Å². The van der Waals surface area contributed by atoms with E-state index in [1.807, 2.05) is 0 Å². The van der Waals surface area contributed by atoms with E-state index in [1.54, 1.807) is 7.11 Å². The van der Waals surface area contributed by atoms with Gasteiger partial charge in [0.1, 0.15) is 5.75 Å². The third-order valence-electron chi connectivity index (χ3n) is 4.40. The van der Waals surface area contributed by atoms with Crippen molar-refractivity contribution in [3.05, 3.63) is 29.3 Å². The molecule has 1 aliphatic heterocycles. The minimum absolute atomic E-state index is 1.04. The van der Waals surface area contributed by atoms with Crippen molar-refractivity contribution in [3.63, 3.8) is 0 Å². The monoisotopic (exact) mass is 290 g/mol. The van der Waals surface area contributed by atoms with E-state index < -0.39 is 0 Å². The summed E-state index contributed by atoms with van der Waals surface area (Å²) in [7, 11) is 3.98. The third-order valence-corrected chi connectivity index (χ3v) is 4.40. The number of hydrogen-bond donors (Lipinski definition) is 0. The van der Waals surface area contributed by atoms with Crippen LogP contribution < -0.4 is 4.74 Å². The molecule has 1 aromatic carbocycles. The van der Waals surface area contributed by atoms with Gasteiger partial charge in [-0.3, -0.25) is 0 Å². The molecule has 0 N–H and O–H groups in total. The Hall–Kier alpha value is -1.06. The van der Waals surface area contributed by atoms with Crippen molar-refractivity contribution in [1.29, 1.82) is 0 Å². The number of rotatable bonds is 7. The molecule has 0 spiro atoms. The molecule has 21 heavy (non-hydrogen) atoms. The Morgan fingerprint density at radius 1 is 1.10 bits per heavy atom. The molecule has 1 aliphatic rings. The molecule has 0 saturated carbocycles. The van der Waals surface area contributed by atoms with Crippen molar-refractivity contribution >= 4 is 0 Å². The van der Waals surface area contributed by atoms with Crippen LogP contribution in [0.2, 0.25) is 0 Å². The van der Waals surface area contributed by atoms with Gasteiger partial charge in [0, 0.05) is 26.2 Å². The van der Waals surface area contributed by atoms with Gasteiger partial charge in [0.2, 0.25) is 0 Å². The van der Waals surface area contributed by atoms with Crippen molar-refractivity contribution < 1.29 is 4.74 Å². The quantitative estimate of drug-likeness (QED) is 0.768. The van der Waals surface area contributed by atoms with Crippen molar-refractivity contribution in [2.24, 2.45) is 0 Å². The Balaban J connectivity index is 1.81. The lowest BCUT2D eigenvalue weighted by Crippen LogP contribution is -2.44. The van der Waals surface area contributed by atoms with Gasteiger partial charge < -0.3 is 14.5 Å². The number of nitrogens with zero attached hydrogens (tertiary/aromatic N) is 2. The van der Waals surface area contributed by atoms with Crippen LogP contribution in [0.25, 0.3) is 0 Å². The molecular formula is C18H30N2O. The number of piperazine rings is 1. The largest absolute Gasteiger partial charge is 0.496 e. The number of benzene rings is 1. The summed E-state index contributed by atoms with van der Waals surface area (Å²) in [4.78, 5) is 5.01. The van der Waals surface area contributed by atoms with Crippen molar-refractivity contribution in [2.75, 3.05) is 46.9 Å². The summed E-state index contributed by atoms with van der Waals surface area (Å²) < 4.78 is 5.45. The minimum atomic E-state index is 1.04. The van der Waals surface area contributed by atoms with E-state index in [2.05, 4.69) is 42.0 Å². The average molecular weight is 290 g/mol. The van der Waals surface area contributed by atoms with E-state index in [-0.39, 0.29) is 0 Å². The maximum atomic E-state index is 5.45. The lowest BCUT2D eigenvalue weighted by atomic mass is 10.0. The second-order valence-corrected chi connectivity index (χ2v) is 6.14. The van der Waals surface area contributed by atoms with E-state index >= 15 is 0 Å². The molecule has 0 radical (unpaired) electrons. The van der Waals surface area contributed by atoms with Crippen LogP contribution in [0.1, 0.15) is 30.9 Å². The molecule has 1 fully saturated rings. The molecule has 0 aliphatic carbocycles. The molecule has 3 heteroatoms. The normalized spacial score (nSPS) is 17.1. The van der Waals surface area contributed by atoms with Gasteiger partial charge in [-0.15, -0.1) is 0 Å². The molecule has 0 atom stereocenters. The van der Waals surface area contributed by atoms with Crippen LogP contribution in [0.5, 0.6) is 5.75 Å². The molecule has 3 nitrogen and oxygen atoms in total. The van der Waals surface area contributed by atoms with Crippen LogP contribution in [0, 0.1) is 0 Å². The highest BCUT2D eigenvalue weighted by Gasteiger charge is 2.13. The first-order valence-electron chi connectivity index (χ1n) is 8.29. The van der Waals surface area contributed by atoms with E-state index in [0.717, 1.165) is 12.2 Å². The van der Waals surface area contributed by atoms with Crippen molar-refractivity contribution in [1.82, 2.24) is 9.80 Å². The molecule has 0 amide bonds. The Labute approximate surface area is 129 Å². The van der Waals surface area contributed by atoms with Gasteiger partial charge in [-0.1, -0.05) is 25.5 Å². The molecule has 1 heterocycles. The van der Waals surface area contributed by atoms with Gasteiger partial charge in [-0.05, 0) is 50.0 Å². The number of hydrogen-bond acceptors (Lipinski definition) is 3. The summed E-state index contributed by atoms with van der Waals surface area (Å²) in [5.74, 6) is 1.04. The first-order chi connectivity index (χ1) is 10.2. The highest BCUT2D eigenvalue weighted by molar-refractivity contribution is 5.37. The van der Waals surface area contributed by atoms with E-state index in [9.17, 15) is 0 Å². The number of likely N-dealkylation sites (N-methyl/N-ethyl adjacent to an activating group) is 1. The standard InChI is InChI=1S/C18H30N2O/c1-4-6-17-15-16(8-9-18(17)21-3)7-5-10-20-13-11-19(2)12-14-20/h8-9,15H,4-7,10-14H2,1-3H3. The molecule has 0 bridgehead atoms. The maximum Gasteiger partial charge on any atom is 0.122 e. The van der Waals surface area contributed by atoms with Crippen LogP contribution in [-0.4, -0.2) is 56.7 Å². The zero-order valence-corrected chi connectivity index (χ0v) is 13.9. The van der Waals surface area contributed by atoms with Gasteiger partial charge in [0.25, 0.3) is 0 Å². The lowest BCUT2D eigenvalue weighted by molar-refractivity contribution is 0.153. The molecule has 1 aromatic rings. The highest BCUT2D eigenvalue weighted by Crippen LogP contribution is 2.22. The van der Waals surface area contributed by atoms with Crippen LogP contribution >= 0.6 is 0 Å². The topological polar surface area (TPSA) is 15.7 Å². The van der Waals surface area contributed by atoms with Crippen LogP contribution in [-0.2, 0) is 12.8 Å². The SMILES string of the molecule is CCCc1cc(CCCN2CCN(C)CC2)ccc1OC. The fourth-order valence-electron chi connectivity index (χ4n) is 3.03. The number of methoxy groups -OCH3 is 1. The summed E-state index contributed by atoms with van der Waals surface area (Å²) in [6.07, 6.45) is 4.70. The summed E-state index contributed by atoms with van der Waals surface area (Å²) in [6, 6.07) is 6.70.